The van der Waals surface area contributed by atoms with E-state index >= 15 is 0 Å². The van der Waals surface area contributed by atoms with E-state index in [2.05, 4.69) is 29.7 Å². The Hall–Kier alpha value is -0.570. The maximum Gasteiger partial charge on any atom is 0.0406 e. The summed E-state index contributed by atoms with van der Waals surface area (Å²) in [7, 11) is 0. The summed E-state index contributed by atoms with van der Waals surface area (Å²) < 4.78 is 0. The lowest BCUT2D eigenvalue weighted by molar-refractivity contribution is 0.607. The van der Waals surface area contributed by atoms with Crippen LogP contribution in [0, 0.1) is 0 Å². The second kappa shape index (κ2) is 8.57. The van der Waals surface area contributed by atoms with Gasteiger partial charge in [0.25, 0.3) is 0 Å². The molecule has 0 amide bonds. The molecule has 2 nitrogen and oxygen atoms in total. The molecule has 0 aromatic heterocycles. The van der Waals surface area contributed by atoms with E-state index in [-0.39, 0.29) is 0 Å². The number of nitrogens with one attached hydrogen (secondary N) is 2. The van der Waals surface area contributed by atoms with Gasteiger partial charge in [-0.05, 0) is 43.6 Å². The molecule has 3 heteroatoms. The van der Waals surface area contributed by atoms with Gasteiger partial charge in [-0.15, -0.1) is 0 Å². The first-order valence-corrected chi connectivity index (χ1v) is 6.36. The Bertz CT molecular complexity index is 272. The average Bonchev–Trinajstić information content (AvgIpc) is 2.30. The van der Waals surface area contributed by atoms with Gasteiger partial charge in [0, 0.05) is 18.1 Å². The van der Waals surface area contributed by atoms with E-state index in [1.807, 2.05) is 12.1 Å². The summed E-state index contributed by atoms with van der Waals surface area (Å²) in [5.74, 6) is 0. The van der Waals surface area contributed by atoms with E-state index in [1.54, 1.807) is 0 Å². The quantitative estimate of drug-likeness (QED) is 0.683. The fourth-order valence-electron chi connectivity index (χ4n) is 1.49. The van der Waals surface area contributed by atoms with E-state index in [0.717, 1.165) is 37.6 Å². The van der Waals surface area contributed by atoms with Crippen LogP contribution in [-0.2, 0) is 6.42 Å². The van der Waals surface area contributed by atoms with Gasteiger partial charge < -0.3 is 10.6 Å². The van der Waals surface area contributed by atoms with Crippen molar-refractivity contribution in [3.8, 4) is 0 Å². The standard InChI is InChI=1S/C13H21ClN2/c1-2-8-15-10-11-16-9-7-12-3-5-13(14)6-4-12/h3-6,15-16H,2,7-11H2,1H3. The Morgan fingerprint density at radius 3 is 2.19 bits per heavy atom. The molecule has 1 aromatic carbocycles. The molecule has 0 saturated carbocycles. The van der Waals surface area contributed by atoms with Crippen LogP contribution >= 0.6 is 11.6 Å². The molecule has 0 bridgehead atoms. The van der Waals surface area contributed by atoms with Crippen molar-refractivity contribution in [3.05, 3.63) is 34.9 Å². The van der Waals surface area contributed by atoms with Crippen LogP contribution in [0.2, 0.25) is 5.02 Å². The van der Waals surface area contributed by atoms with Gasteiger partial charge in [0.15, 0.2) is 0 Å². The third kappa shape index (κ3) is 6.11. The van der Waals surface area contributed by atoms with E-state index in [1.165, 1.54) is 12.0 Å². The third-order valence-electron chi connectivity index (χ3n) is 2.41. The molecular weight excluding hydrogens is 220 g/mol. The minimum Gasteiger partial charge on any atom is -0.315 e. The largest absolute Gasteiger partial charge is 0.315 e. The van der Waals surface area contributed by atoms with Gasteiger partial charge in [0.1, 0.15) is 0 Å². The van der Waals surface area contributed by atoms with Gasteiger partial charge in [-0.1, -0.05) is 30.7 Å². The van der Waals surface area contributed by atoms with Gasteiger partial charge >= 0.3 is 0 Å². The summed E-state index contributed by atoms with van der Waals surface area (Å²) >= 11 is 5.82. The molecule has 90 valence electrons. The molecule has 0 heterocycles. The molecule has 1 aromatic rings. The first-order chi connectivity index (χ1) is 7.83. The predicted octanol–water partition coefficient (Wildman–Crippen LogP) is 2.47. The highest BCUT2D eigenvalue weighted by Gasteiger charge is 1.93. The molecular formula is C13H21ClN2. The van der Waals surface area contributed by atoms with Crippen molar-refractivity contribution in [2.75, 3.05) is 26.2 Å². The number of benzene rings is 1. The van der Waals surface area contributed by atoms with Gasteiger partial charge in [0.05, 0.1) is 0 Å². The molecule has 2 N–H and O–H groups in total. The van der Waals surface area contributed by atoms with Crippen LogP contribution in [0.5, 0.6) is 0 Å². The second-order valence-electron chi connectivity index (χ2n) is 3.88. The van der Waals surface area contributed by atoms with E-state index < -0.39 is 0 Å². The number of hydrogen-bond donors (Lipinski definition) is 2. The molecule has 0 aliphatic carbocycles. The Morgan fingerprint density at radius 2 is 1.56 bits per heavy atom. The molecule has 16 heavy (non-hydrogen) atoms. The highest BCUT2D eigenvalue weighted by molar-refractivity contribution is 6.30. The van der Waals surface area contributed by atoms with Crippen molar-refractivity contribution in [1.29, 1.82) is 0 Å². The van der Waals surface area contributed by atoms with Crippen molar-refractivity contribution in [2.45, 2.75) is 19.8 Å². The zero-order valence-electron chi connectivity index (χ0n) is 9.93. The van der Waals surface area contributed by atoms with Crippen molar-refractivity contribution in [3.63, 3.8) is 0 Å². The number of halogens is 1. The maximum atomic E-state index is 5.82. The molecule has 0 saturated heterocycles. The summed E-state index contributed by atoms with van der Waals surface area (Å²) in [6, 6.07) is 8.05. The lowest BCUT2D eigenvalue weighted by atomic mass is 10.1. The van der Waals surface area contributed by atoms with Gasteiger partial charge in [0.2, 0.25) is 0 Å². The van der Waals surface area contributed by atoms with Crippen LogP contribution in [0.1, 0.15) is 18.9 Å². The summed E-state index contributed by atoms with van der Waals surface area (Å²) in [5, 5.41) is 7.58. The molecule has 0 aliphatic heterocycles. The Balaban J connectivity index is 2.01. The van der Waals surface area contributed by atoms with E-state index in [4.69, 9.17) is 11.6 Å². The Kier molecular flexibility index (Phi) is 7.23. The van der Waals surface area contributed by atoms with Crippen LogP contribution in [0.3, 0.4) is 0 Å². The molecule has 1 rings (SSSR count). The predicted molar refractivity (Wildman–Crippen MR) is 71.2 cm³/mol. The van der Waals surface area contributed by atoms with Crippen LogP contribution in [0.4, 0.5) is 0 Å². The molecule has 0 atom stereocenters. The normalized spacial score (nSPS) is 10.6. The molecule has 0 spiro atoms. The maximum absolute atomic E-state index is 5.82. The number of rotatable bonds is 8. The fourth-order valence-corrected chi connectivity index (χ4v) is 1.61. The summed E-state index contributed by atoms with van der Waals surface area (Å²) in [4.78, 5) is 0. The van der Waals surface area contributed by atoms with E-state index in [9.17, 15) is 0 Å². The Morgan fingerprint density at radius 1 is 0.938 bits per heavy atom. The lowest BCUT2D eigenvalue weighted by Gasteiger charge is -2.06. The fraction of sp³-hybridized carbons (Fsp3) is 0.538. The molecule has 0 radical (unpaired) electrons. The SMILES string of the molecule is CCCNCCNCCc1ccc(Cl)cc1. The van der Waals surface area contributed by atoms with Gasteiger partial charge in [-0.2, -0.15) is 0 Å². The summed E-state index contributed by atoms with van der Waals surface area (Å²) in [5.41, 5.74) is 1.33. The molecule has 0 unspecified atom stereocenters. The first-order valence-electron chi connectivity index (χ1n) is 5.99. The van der Waals surface area contributed by atoms with Crippen molar-refractivity contribution < 1.29 is 0 Å². The topological polar surface area (TPSA) is 24.1 Å². The van der Waals surface area contributed by atoms with Crippen LogP contribution in [0.15, 0.2) is 24.3 Å². The van der Waals surface area contributed by atoms with Crippen LogP contribution in [-0.4, -0.2) is 26.2 Å². The van der Waals surface area contributed by atoms with Gasteiger partial charge in [-0.25, -0.2) is 0 Å². The van der Waals surface area contributed by atoms with Crippen molar-refractivity contribution in [1.82, 2.24) is 10.6 Å². The molecule has 0 aliphatic rings. The smallest absolute Gasteiger partial charge is 0.0406 e. The third-order valence-corrected chi connectivity index (χ3v) is 2.66. The zero-order valence-corrected chi connectivity index (χ0v) is 10.7. The minimum absolute atomic E-state index is 0.806. The van der Waals surface area contributed by atoms with Gasteiger partial charge in [-0.3, -0.25) is 0 Å². The second-order valence-corrected chi connectivity index (χ2v) is 4.31. The molecule has 0 fully saturated rings. The average molecular weight is 241 g/mol. The highest BCUT2D eigenvalue weighted by atomic mass is 35.5. The van der Waals surface area contributed by atoms with E-state index in [0.29, 0.717) is 0 Å². The van der Waals surface area contributed by atoms with Crippen molar-refractivity contribution >= 4 is 11.6 Å². The highest BCUT2D eigenvalue weighted by Crippen LogP contribution is 2.09. The van der Waals surface area contributed by atoms with Crippen LogP contribution < -0.4 is 10.6 Å². The van der Waals surface area contributed by atoms with Crippen LogP contribution in [0.25, 0.3) is 0 Å². The zero-order chi connectivity index (χ0) is 11.6. The summed E-state index contributed by atoms with van der Waals surface area (Å²) in [6.07, 6.45) is 2.26. The first kappa shape index (κ1) is 13.5. The number of hydrogen-bond acceptors (Lipinski definition) is 2. The summed E-state index contributed by atoms with van der Waals surface area (Å²) in [6.45, 7) is 6.40. The monoisotopic (exact) mass is 240 g/mol. The minimum atomic E-state index is 0.806. The lowest BCUT2D eigenvalue weighted by Crippen LogP contribution is -2.29. The Labute approximate surface area is 103 Å². The van der Waals surface area contributed by atoms with Crippen molar-refractivity contribution in [2.24, 2.45) is 0 Å².